The molecule has 1 saturated heterocycles. The van der Waals surface area contributed by atoms with E-state index in [4.69, 9.17) is 0 Å². The van der Waals surface area contributed by atoms with Crippen LogP contribution in [-0.4, -0.2) is 41.2 Å². The lowest BCUT2D eigenvalue weighted by molar-refractivity contribution is -0.116. The molecule has 0 bridgehead atoms. The first-order valence-electron chi connectivity index (χ1n) is 10.2. The van der Waals surface area contributed by atoms with Crippen LogP contribution in [0.4, 0.5) is 17.1 Å². The van der Waals surface area contributed by atoms with Gasteiger partial charge in [-0.3, -0.25) is 9.59 Å². The molecule has 8 nitrogen and oxygen atoms in total. The van der Waals surface area contributed by atoms with Crippen molar-refractivity contribution in [2.24, 2.45) is 0 Å². The Balaban J connectivity index is 1.78. The Morgan fingerprint density at radius 3 is 1.70 bits per heavy atom. The molecule has 1 heterocycles. The molecule has 4 rings (SSSR count). The van der Waals surface area contributed by atoms with E-state index in [9.17, 15) is 24.9 Å². The van der Waals surface area contributed by atoms with Crippen molar-refractivity contribution < 1.29 is 24.9 Å². The number of nitrogens with zero attached hydrogens (tertiary/aromatic N) is 3. The van der Waals surface area contributed by atoms with Crippen LogP contribution in [0.15, 0.2) is 78.4 Å². The van der Waals surface area contributed by atoms with Crippen LogP contribution in [0.2, 0.25) is 0 Å². The van der Waals surface area contributed by atoms with Crippen LogP contribution in [0.1, 0.15) is 17.4 Å². The summed E-state index contributed by atoms with van der Waals surface area (Å²) in [6.07, 6.45) is -0.104. The fraction of sp³-hybridized carbons (Fsp3) is 0.120. The van der Waals surface area contributed by atoms with Crippen LogP contribution in [0.5, 0.6) is 5.75 Å². The van der Waals surface area contributed by atoms with Crippen molar-refractivity contribution in [3.05, 3.63) is 89.5 Å². The summed E-state index contributed by atoms with van der Waals surface area (Å²) in [7, 11) is 3.85. The van der Waals surface area contributed by atoms with Gasteiger partial charge in [-0.1, -0.05) is 24.3 Å². The summed E-state index contributed by atoms with van der Waals surface area (Å²) in [5.41, 5.74) is 2.68. The summed E-state index contributed by atoms with van der Waals surface area (Å²) in [6.45, 7) is 0. The van der Waals surface area contributed by atoms with Crippen molar-refractivity contribution in [3.8, 4) is 5.75 Å². The molecular formula is C25H23N3O5. The Kier molecular flexibility index (Phi) is 5.87. The van der Waals surface area contributed by atoms with E-state index in [1.807, 2.05) is 43.3 Å². The monoisotopic (exact) mass is 445 g/mol. The largest absolute Gasteiger partial charge is 0.508 e. The number of hydrogen-bond donors (Lipinski definition) is 3. The number of aliphatic hydroxyl groups is 2. The van der Waals surface area contributed by atoms with Gasteiger partial charge in [0.25, 0.3) is 11.8 Å². The number of phenols is 1. The van der Waals surface area contributed by atoms with Crippen LogP contribution in [0.25, 0.3) is 6.08 Å². The molecule has 0 aromatic heterocycles. The quantitative estimate of drug-likeness (QED) is 0.317. The molecule has 0 unspecified atom stereocenters. The van der Waals surface area contributed by atoms with Gasteiger partial charge in [-0.2, -0.15) is 0 Å². The van der Waals surface area contributed by atoms with Gasteiger partial charge >= 0.3 is 0 Å². The second-order valence-corrected chi connectivity index (χ2v) is 7.76. The lowest BCUT2D eigenvalue weighted by Gasteiger charge is -2.27. The zero-order chi connectivity index (χ0) is 23.7. The number of anilines is 3. The van der Waals surface area contributed by atoms with E-state index in [1.165, 1.54) is 58.5 Å². The minimum Gasteiger partial charge on any atom is -0.508 e. The number of hydrazine groups is 1. The number of hydrogen-bond acceptors (Lipinski definition) is 6. The van der Waals surface area contributed by atoms with Crippen molar-refractivity contribution in [1.82, 2.24) is 0 Å². The number of aromatic hydroxyl groups is 1. The maximum Gasteiger partial charge on any atom is 0.283 e. The van der Waals surface area contributed by atoms with E-state index in [1.54, 1.807) is 6.08 Å². The van der Waals surface area contributed by atoms with Gasteiger partial charge in [-0.05, 0) is 60.2 Å². The second-order valence-electron chi connectivity index (χ2n) is 7.76. The minimum absolute atomic E-state index is 0.0213. The fourth-order valence-electron chi connectivity index (χ4n) is 3.51. The standard InChI is InChI=1S/C25H23N3O5/c1-26(2)18-7-3-16(4-8-18)15-22-23(30)27(19-9-5-17(6-10-19)25(32)33)28(24(22)31)20-11-13-21(29)14-12-20/h3-15,25,29,32-33H,1-2H3. The molecule has 0 saturated carbocycles. The average molecular weight is 445 g/mol. The third-order valence-electron chi connectivity index (χ3n) is 5.30. The summed E-state index contributed by atoms with van der Waals surface area (Å²) in [5, 5.41) is 30.8. The first-order valence-corrected chi connectivity index (χ1v) is 10.2. The van der Waals surface area contributed by atoms with Gasteiger partial charge in [0, 0.05) is 25.3 Å². The Morgan fingerprint density at radius 1 is 0.758 bits per heavy atom. The van der Waals surface area contributed by atoms with Gasteiger partial charge < -0.3 is 20.2 Å². The number of carbonyl (C=O) groups is 2. The molecule has 0 atom stereocenters. The first-order chi connectivity index (χ1) is 15.8. The SMILES string of the molecule is CN(C)c1ccc(C=C2C(=O)N(c3ccc(O)cc3)N(c3ccc(C(O)O)cc3)C2=O)cc1. The lowest BCUT2D eigenvalue weighted by Crippen LogP contribution is -2.41. The molecule has 3 aromatic rings. The Labute approximate surface area is 190 Å². The van der Waals surface area contributed by atoms with E-state index in [0.717, 1.165) is 5.69 Å². The van der Waals surface area contributed by atoms with E-state index >= 15 is 0 Å². The van der Waals surface area contributed by atoms with Crippen molar-refractivity contribution >= 4 is 35.0 Å². The van der Waals surface area contributed by atoms with Crippen LogP contribution in [-0.2, 0) is 9.59 Å². The summed E-state index contributed by atoms with van der Waals surface area (Å²) < 4.78 is 0. The molecule has 33 heavy (non-hydrogen) atoms. The Morgan fingerprint density at radius 2 is 1.24 bits per heavy atom. The zero-order valence-corrected chi connectivity index (χ0v) is 18.1. The summed E-state index contributed by atoms with van der Waals surface area (Å²) >= 11 is 0. The van der Waals surface area contributed by atoms with Gasteiger partial charge in [-0.15, -0.1) is 0 Å². The van der Waals surface area contributed by atoms with Gasteiger partial charge in [-0.25, -0.2) is 10.0 Å². The predicted octanol–water partition coefficient (Wildman–Crippen LogP) is 2.82. The van der Waals surface area contributed by atoms with E-state index in [-0.39, 0.29) is 16.9 Å². The molecule has 168 valence electrons. The molecule has 0 radical (unpaired) electrons. The van der Waals surface area contributed by atoms with Crippen LogP contribution < -0.4 is 14.9 Å². The maximum atomic E-state index is 13.4. The molecule has 0 aliphatic carbocycles. The fourth-order valence-corrected chi connectivity index (χ4v) is 3.51. The van der Waals surface area contributed by atoms with E-state index < -0.39 is 18.1 Å². The van der Waals surface area contributed by atoms with Crippen molar-refractivity contribution in [2.45, 2.75) is 6.29 Å². The van der Waals surface area contributed by atoms with Gasteiger partial charge in [0.1, 0.15) is 11.3 Å². The molecule has 1 aliphatic heterocycles. The second kappa shape index (κ2) is 8.78. The highest BCUT2D eigenvalue weighted by molar-refractivity contribution is 6.38. The Hall–Kier alpha value is -4.14. The predicted molar refractivity (Wildman–Crippen MR) is 125 cm³/mol. The van der Waals surface area contributed by atoms with Crippen molar-refractivity contribution in [1.29, 1.82) is 0 Å². The normalized spacial score (nSPS) is 15.1. The van der Waals surface area contributed by atoms with Crippen LogP contribution >= 0.6 is 0 Å². The van der Waals surface area contributed by atoms with Crippen molar-refractivity contribution in [3.63, 3.8) is 0 Å². The number of carbonyl (C=O) groups excluding carboxylic acids is 2. The van der Waals surface area contributed by atoms with Crippen LogP contribution in [0.3, 0.4) is 0 Å². The number of phenolic OH excluding ortho intramolecular Hbond substituents is 1. The third-order valence-corrected chi connectivity index (χ3v) is 5.30. The number of amides is 2. The van der Waals surface area contributed by atoms with E-state index in [2.05, 4.69) is 0 Å². The molecule has 3 N–H and O–H groups in total. The zero-order valence-electron chi connectivity index (χ0n) is 18.1. The first kappa shape index (κ1) is 22.1. The number of aliphatic hydroxyl groups excluding tert-OH is 1. The topological polar surface area (TPSA) is 105 Å². The average Bonchev–Trinajstić information content (AvgIpc) is 3.05. The highest BCUT2D eigenvalue weighted by Gasteiger charge is 2.43. The van der Waals surface area contributed by atoms with E-state index in [0.29, 0.717) is 16.9 Å². The Bertz CT molecular complexity index is 1200. The smallest absolute Gasteiger partial charge is 0.283 e. The number of benzene rings is 3. The highest BCUT2D eigenvalue weighted by Crippen LogP contribution is 2.33. The van der Waals surface area contributed by atoms with Gasteiger partial charge in [0.2, 0.25) is 0 Å². The van der Waals surface area contributed by atoms with Gasteiger partial charge in [0.05, 0.1) is 11.4 Å². The number of rotatable bonds is 5. The minimum atomic E-state index is -1.65. The molecule has 8 heteroatoms. The molecule has 3 aromatic carbocycles. The molecule has 1 aliphatic rings. The summed E-state index contributed by atoms with van der Waals surface area (Å²) in [4.78, 5) is 28.7. The van der Waals surface area contributed by atoms with Crippen molar-refractivity contribution in [2.75, 3.05) is 29.0 Å². The molecule has 1 fully saturated rings. The van der Waals surface area contributed by atoms with Gasteiger partial charge in [0.15, 0.2) is 6.29 Å². The maximum absolute atomic E-state index is 13.4. The summed E-state index contributed by atoms with van der Waals surface area (Å²) in [5.74, 6) is -1.02. The summed E-state index contributed by atoms with van der Waals surface area (Å²) in [6, 6.07) is 19.4. The van der Waals surface area contributed by atoms with Crippen LogP contribution in [0, 0.1) is 0 Å². The lowest BCUT2D eigenvalue weighted by atomic mass is 10.1. The third kappa shape index (κ3) is 4.30. The molecule has 2 amide bonds. The molecule has 0 spiro atoms. The highest BCUT2D eigenvalue weighted by atomic mass is 16.5. The molecular weight excluding hydrogens is 422 g/mol.